The third kappa shape index (κ3) is 1.26. The fourth-order valence-electron chi connectivity index (χ4n) is 1.85. The Balaban J connectivity index is 1.87. The molecule has 0 spiro atoms. The second-order valence-corrected chi connectivity index (χ2v) is 3.66. The summed E-state index contributed by atoms with van der Waals surface area (Å²) in [6.07, 6.45) is 6.01. The topological polar surface area (TPSA) is 20.3 Å². The second kappa shape index (κ2) is 2.84. The van der Waals surface area contributed by atoms with Crippen LogP contribution >= 0.6 is 0 Å². The van der Waals surface area contributed by atoms with E-state index in [0.29, 0.717) is 11.8 Å². The van der Waals surface area contributed by atoms with Crippen LogP contribution in [0.1, 0.15) is 32.1 Å². The normalized spacial score (nSPS) is 25.3. The summed E-state index contributed by atoms with van der Waals surface area (Å²) in [7, 11) is 0. The zero-order valence-electron chi connectivity index (χ0n) is 6.88. The van der Waals surface area contributed by atoms with E-state index < -0.39 is 0 Å². The third-order valence-electron chi connectivity index (χ3n) is 2.87. The summed E-state index contributed by atoms with van der Waals surface area (Å²) in [6, 6.07) is 0. The summed E-state index contributed by atoms with van der Waals surface area (Å²) in [6.45, 7) is 2.05. The average molecular weight is 153 g/mol. The highest BCUT2D eigenvalue weighted by atomic mass is 16.2. The Kier molecular flexibility index (Phi) is 1.84. The fraction of sp³-hybridized carbons (Fsp3) is 0.889. The van der Waals surface area contributed by atoms with Crippen molar-refractivity contribution in [3.63, 3.8) is 0 Å². The van der Waals surface area contributed by atoms with Crippen molar-refractivity contribution >= 4 is 5.91 Å². The first-order valence-corrected chi connectivity index (χ1v) is 4.67. The molecule has 2 heteroatoms. The number of nitrogens with zero attached hydrogens (tertiary/aromatic N) is 1. The standard InChI is InChI=1S/C9H15NO/c11-9(8-4-3-5-8)10-6-1-2-7-10/h8H,1-7H2. The first-order chi connectivity index (χ1) is 5.38. The van der Waals surface area contributed by atoms with Crippen LogP contribution in [0.5, 0.6) is 0 Å². The molecule has 1 aliphatic carbocycles. The van der Waals surface area contributed by atoms with E-state index in [1.807, 2.05) is 4.90 Å². The lowest BCUT2D eigenvalue weighted by Gasteiger charge is -2.28. The molecule has 0 bridgehead atoms. The molecule has 0 radical (unpaired) electrons. The molecule has 2 fully saturated rings. The van der Waals surface area contributed by atoms with Crippen molar-refractivity contribution in [1.82, 2.24) is 4.90 Å². The number of amides is 1. The van der Waals surface area contributed by atoms with E-state index in [1.165, 1.54) is 19.3 Å². The summed E-state index contributed by atoms with van der Waals surface area (Å²) < 4.78 is 0. The Hall–Kier alpha value is -0.530. The first kappa shape index (κ1) is 7.14. The van der Waals surface area contributed by atoms with Gasteiger partial charge >= 0.3 is 0 Å². The lowest BCUT2D eigenvalue weighted by atomic mass is 9.84. The summed E-state index contributed by atoms with van der Waals surface area (Å²) in [5.41, 5.74) is 0. The maximum Gasteiger partial charge on any atom is 0.225 e. The van der Waals surface area contributed by atoms with Gasteiger partial charge in [-0.2, -0.15) is 0 Å². The fourth-order valence-corrected chi connectivity index (χ4v) is 1.85. The van der Waals surface area contributed by atoms with Gasteiger partial charge in [0.05, 0.1) is 0 Å². The van der Waals surface area contributed by atoms with E-state index in [2.05, 4.69) is 0 Å². The quantitative estimate of drug-likeness (QED) is 0.557. The molecule has 1 amide bonds. The van der Waals surface area contributed by atoms with Gasteiger partial charge in [0.25, 0.3) is 0 Å². The largest absolute Gasteiger partial charge is 0.342 e. The minimum absolute atomic E-state index is 0.410. The average Bonchev–Trinajstić information content (AvgIpc) is 2.32. The predicted octanol–water partition coefficient (Wildman–Crippen LogP) is 1.41. The first-order valence-electron chi connectivity index (χ1n) is 4.67. The van der Waals surface area contributed by atoms with E-state index in [1.54, 1.807) is 0 Å². The van der Waals surface area contributed by atoms with Gasteiger partial charge in [-0.1, -0.05) is 6.42 Å². The lowest BCUT2D eigenvalue weighted by molar-refractivity contribution is -0.137. The summed E-state index contributed by atoms with van der Waals surface area (Å²) in [5, 5.41) is 0. The lowest BCUT2D eigenvalue weighted by Crippen LogP contribution is -2.36. The molecule has 2 aliphatic rings. The molecule has 1 heterocycles. The smallest absolute Gasteiger partial charge is 0.225 e. The van der Waals surface area contributed by atoms with Gasteiger partial charge in [-0.25, -0.2) is 0 Å². The molecule has 2 nitrogen and oxygen atoms in total. The van der Waals surface area contributed by atoms with Gasteiger partial charge in [-0.15, -0.1) is 0 Å². The molecule has 1 aliphatic heterocycles. The second-order valence-electron chi connectivity index (χ2n) is 3.66. The molecule has 11 heavy (non-hydrogen) atoms. The predicted molar refractivity (Wildman–Crippen MR) is 43.2 cm³/mol. The van der Waals surface area contributed by atoms with Gasteiger partial charge in [0.1, 0.15) is 0 Å². The van der Waals surface area contributed by atoms with E-state index in [9.17, 15) is 4.79 Å². The van der Waals surface area contributed by atoms with Crippen molar-refractivity contribution in [3.05, 3.63) is 0 Å². The Morgan fingerprint density at radius 3 is 2.18 bits per heavy atom. The van der Waals surface area contributed by atoms with E-state index in [-0.39, 0.29) is 0 Å². The number of hydrogen-bond acceptors (Lipinski definition) is 1. The van der Waals surface area contributed by atoms with Crippen molar-refractivity contribution in [2.75, 3.05) is 13.1 Å². The van der Waals surface area contributed by atoms with Gasteiger partial charge in [-0.3, -0.25) is 4.79 Å². The Bertz CT molecular complexity index is 157. The van der Waals surface area contributed by atoms with E-state index >= 15 is 0 Å². The Labute approximate surface area is 67.6 Å². The molecule has 0 N–H and O–H groups in total. The molecular formula is C9H15NO. The maximum atomic E-state index is 11.6. The number of likely N-dealkylation sites (tertiary alicyclic amines) is 1. The van der Waals surface area contributed by atoms with Crippen molar-refractivity contribution in [3.8, 4) is 0 Å². The number of rotatable bonds is 1. The van der Waals surface area contributed by atoms with Crippen LogP contribution in [0.2, 0.25) is 0 Å². The number of hydrogen-bond donors (Lipinski definition) is 0. The minimum atomic E-state index is 0.410. The highest BCUT2D eigenvalue weighted by Gasteiger charge is 2.30. The maximum absolute atomic E-state index is 11.6. The molecule has 62 valence electrons. The van der Waals surface area contributed by atoms with Gasteiger partial charge < -0.3 is 4.90 Å². The van der Waals surface area contributed by atoms with Crippen LogP contribution in [0.25, 0.3) is 0 Å². The summed E-state index contributed by atoms with van der Waals surface area (Å²) >= 11 is 0. The van der Waals surface area contributed by atoms with Gasteiger partial charge in [-0.05, 0) is 25.7 Å². The van der Waals surface area contributed by atoms with Crippen molar-refractivity contribution in [1.29, 1.82) is 0 Å². The molecule has 0 atom stereocenters. The minimum Gasteiger partial charge on any atom is -0.342 e. The molecule has 1 saturated heterocycles. The third-order valence-corrected chi connectivity index (χ3v) is 2.87. The molecule has 0 aromatic carbocycles. The van der Waals surface area contributed by atoms with Crippen LogP contribution in [0.4, 0.5) is 0 Å². The van der Waals surface area contributed by atoms with E-state index in [0.717, 1.165) is 25.9 Å². The molecule has 0 aromatic heterocycles. The van der Waals surface area contributed by atoms with Crippen LogP contribution in [0.15, 0.2) is 0 Å². The van der Waals surface area contributed by atoms with Crippen LogP contribution in [-0.4, -0.2) is 23.9 Å². The zero-order valence-corrected chi connectivity index (χ0v) is 6.88. The zero-order chi connectivity index (χ0) is 7.68. The van der Waals surface area contributed by atoms with Crippen molar-refractivity contribution in [2.24, 2.45) is 5.92 Å². The molecule has 0 aromatic rings. The van der Waals surface area contributed by atoms with E-state index in [4.69, 9.17) is 0 Å². The Morgan fingerprint density at radius 2 is 1.73 bits per heavy atom. The summed E-state index contributed by atoms with van der Waals surface area (Å²) in [5.74, 6) is 0.849. The van der Waals surface area contributed by atoms with Crippen molar-refractivity contribution in [2.45, 2.75) is 32.1 Å². The van der Waals surface area contributed by atoms with Crippen molar-refractivity contribution < 1.29 is 4.79 Å². The van der Waals surface area contributed by atoms with Crippen LogP contribution in [0.3, 0.4) is 0 Å². The van der Waals surface area contributed by atoms with Crippen LogP contribution < -0.4 is 0 Å². The van der Waals surface area contributed by atoms with Gasteiger partial charge in [0, 0.05) is 19.0 Å². The van der Waals surface area contributed by atoms with Gasteiger partial charge in [0.15, 0.2) is 0 Å². The van der Waals surface area contributed by atoms with Gasteiger partial charge in [0.2, 0.25) is 5.91 Å². The van der Waals surface area contributed by atoms with Crippen LogP contribution in [0, 0.1) is 5.92 Å². The Morgan fingerprint density at radius 1 is 1.09 bits per heavy atom. The highest BCUT2D eigenvalue weighted by molar-refractivity contribution is 5.79. The molecule has 0 unspecified atom stereocenters. The number of carbonyl (C=O) groups is 1. The molecule has 2 rings (SSSR count). The molecule has 1 saturated carbocycles. The SMILES string of the molecule is O=C(C1CCC1)N1CCCC1. The molecular weight excluding hydrogens is 138 g/mol. The van der Waals surface area contributed by atoms with Crippen LogP contribution in [-0.2, 0) is 4.79 Å². The number of carbonyl (C=O) groups excluding carboxylic acids is 1. The monoisotopic (exact) mass is 153 g/mol. The highest BCUT2D eigenvalue weighted by Crippen LogP contribution is 2.29. The summed E-state index contributed by atoms with van der Waals surface area (Å²) in [4.78, 5) is 13.6.